The maximum Gasteiger partial charge on any atom is 0.342 e. The normalized spacial score (nSPS) is 9.80. The van der Waals surface area contributed by atoms with Crippen LogP contribution in [0.4, 0.5) is 5.69 Å². The third kappa shape index (κ3) is 2.43. The fourth-order valence-electron chi connectivity index (χ4n) is 1.85. The van der Waals surface area contributed by atoms with Gasteiger partial charge in [-0.15, -0.1) is 0 Å². The first-order valence-electron chi connectivity index (χ1n) is 5.79. The number of benzene rings is 2. The van der Waals surface area contributed by atoms with Gasteiger partial charge in [-0.1, -0.05) is 30.9 Å². The summed E-state index contributed by atoms with van der Waals surface area (Å²) in [6.45, 7) is 3.50. The van der Waals surface area contributed by atoms with Gasteiger partial charge in [0.2, 0.25) is 6.08 Å². The van der Waals surface area contributed by atoms with Crippen LogP contribution in [0.15, 0.2) is 48.0 Å². The molecular formula is C15H11NO4. The molecule has 1 N–H and O–H groups in total. The summed E-state index contributed by atoms with van der Waals surface area (Å²) in [5.74, 6) is -0.854. The van der Waals surface area contributed by atoms with E-state index in [2.05, 4.69) is 11.6 Å². The highest BCUT2D eigenvalue weighted by molar-refractivity contribution is 6.04. The van der Waals surface area contributed by atoms with E-state index < -0.39 is 5.97 Å². The molecule has 100 valence electrons. The van der Waals surface area contributed by atoms with E-state index in [1.165, 1.54) is 18.2 Å². The van der Waals surface area contributed by atoms with E-state index in [0.717, 1.165) is 0 Å². The van der Waals surface area contributed by atoms with Crippen LogP contribution in [0.2, 0.25) is 0 Å². The van der Waals surface area contributed by atoms with Crippen molar-refractivity contribution in [3.8, 4) is 5.75 Å². The average molecular weight is 269 g/mol. The van der Waals surface area contributed by atoms with Gasteiger partial charge in [0.05, 0.1) is 5.69 Å². The SMILES string of the molecule is C=CCOC(=O)c1ccc2c(N=C=O)cccc2c1O. The number of carbonyl (C=O) groups excluding carboxylic acids is 2. The lowest BCUT2D eigenvalue weighted by Gasteiger charge is -2.08. The molecule has 2 aromatic carbocycles. The Morgan fingerprint density at radius 2 is 2.15 bits per heavy atom. The van der Waals surface area contributed by atoms with Gasteiger partial charge in [0.25, 0.3) is 0 Å². The van der Waals surface area contributed by atoms with Gasteiger partial charge >= 0.3 is 5.97 Å². The molecule has 0 aliphatic carbocycles. The molecule has 5 nitrogen and oxygen atoms in total. The van der Waals surface area contributed by atoms with Crippen molar-refractivity contribution in [2.45, 2.75) is 0 Å². The van der Waals surface area contributed by atoms with Crippen molar-refractivity contribution < 1.29 is 19.4 Å². The van der Waals surface area contributed by atoms with Crippen LogP contribution < -0.4 is 0 Å². The zero-order chi connectivity index (χ0) is 14.5. The van der Waals surface area contributed by atoms with Crippen molar-refractivity contribution >= 4 is 28.5 Å². The maximum absolute atomic E-state index is 11.8. The third-order valence-corrected chi connectivity index (χ3v) is 2.73. The first kappa shape index (κ1) is 13.5. The smallest absolute Gasteiger partial charge is 0.342 e. The quantitative estimate of drug-likeness (QED) is 0.401. The molecule has 0 saturated heterocycles. The van der Waals surface area contributed by atoms with Gasteiger partial charge in [-0.25, -0.2) is 9.59 Å². The molecule has 0 aliphatic heterocycles. The second-order valence-electron chi connectivity index (χ2n) is 3.92. The van der Waals surface area contributed by atoms with E-state index in [1.54, 1.807) is 24.3 Å². The van der Waals surface area contributed by atoms with Gasteiger partial charge in [0.15, 0.2) is 0 Å². The zero-order valence-corrected chi connectivity index (χ0v) is 10.5. The summed E-state index contributed by atoms with van der Waals surface area (Å²) >= 11 is 0. The molecule has 5 heteroatoms. The van der Waals surface area contributed by atoms with Crippen LogP contribution in [0.5, 0.6) is 5.75 Å². The lowest BCUT2D eigenvalue weighted by Crippen LogP contribution is -2.05. The molecule has 0 amide bonds. The van der Waals surface area contributed by atoms with E-state index >= 15 is 0 Å². The summed E-state index contributed by atoms with van der Waals surface area (Å²) in [6, 6.07) is 7.88. The summed E-state index contributed by atoms with van der Waals surface area (Å²) in [5, 5.41) is 11.1. The van der Waals surface area contributed by atoms with Crippen LogP contribution in [0.25, 0.3) is 10.8 Å². The number of carbonyl (C=O) groups is 1. The molecule has 0 radical (unpaired) electrons. The summed E-state index contributed by atoms with van der Waals surface area (Å²) in [7, 11) is 0. The molecule has 0 atom stereocenters. The second-order valence-corrected chi connectivity index (χ2v) is 3.92. The number of rotatable bonds is 4. The minimum atomic E-state index is -0.645. The van der Waals surface area contributed by atoms with Crippen LogP contribution in [0.1, 0.15) is 10.4 Å². The molecule has 0 spiro atoms. The number of fused-ring (bicyclic) bond motifs is 1. The van der Waals surface area contributed by atoms with Crippen LogP contribution in [-0.2, 0) is 9.53 Å². The van der Waals surface area contributed by atoms with Crippen LogP contribution in [-0.4, -0.2) is 23.8 Å². The van der Waals surface area contributed by atoms with E-state index in [1.807, 2.05) is 0 Å². The third-order valence-electron chi connectivity index (χ3n) is 2.73. The monoisotopic (exact) mass is 269 g/mol. The first-order valence-corrected chi connectivity index (χ1v) is 5.79. The van der Waals surface area contributed by atoms with Crippen molar-refractivity contribution in [1.29, 1.82) is 0 Å². The average Bonchev–Trinajstić information content (AvgIpc) is 2.46. The van der Waals surface area contributed by atoms with Crippen molar-refractivity contribution in [3.63, 3.8) is 0 Å². The van der Waals surface area contributed by atoms with Gasteiger partial charge < -0.3 is 9.84 Å². The highest BCUT2D eigenvalue weighted by Crippen LogP contribution is 2.34. The van der Waals surface area contributed by atoms with E-state index in [9.17, 15) is 14.7 Å². The molecule has 20 heavy (non-hydrogen) atoms. The van der Waals surface area contributed by atoms with Crippen LogP contribution in [0.3, 0.4) is 0 Å². The number of aromatic hydroxyl groups is 1. The molecule has 0 bridgehead atoms. The number of phenols is 1. The largest absolute Gasteiger partial charge is 0.506 e. The Morgan fingerprint density at radius 1 is 1.35 bits per heavy atom. The minimum Gasteiger partial charge on any atom is -0.506 e. The summed E-state index contributed by atoms with van der Waals surface area (Å²) in [4.78, 5) is 25.7. The van der Waals surface area contributed by atoms with Gasteiger partial charge in [-0.3, -0.25) is 0 Å². The Bertz CT molecular complexity index is 730. The Kier molecular flexibility index (Phi) is 3.93. The Hall–Kier alpha value is -2.91. The van der Waals surface area contributed by atoms with Crippen molar-refractivity contribution in [1.82, 2.24) is 0 Å². The molecule has 0 aromatic heterocycles. The molecule has 0 saturated carbocycles. The lowest BCUT2D eigenvalue weighted by atomic mass is 10.0. The van der Waals surface area contributed by atoms with Gasteiger partial charge in [-0.05, 0) is 12.1 Å². The maximum atomic E-state index is 11.8. The van der Waals surface area contributed by atoms with E-state index in [4.69, 9.17) is 4.74 Å². The molecule has 0 heterocycles. The van der Waals surface area contributed by atoms with Gasteiger partial charge in [-0.2, -0.15) is 4.99 Å². The fraction of sp³-hybridized carbons (Fsp3) is 0.0667. The first-order chi connectivity index (χ1) is 9.69. The molecule has 0 aliphatic rings. The number of hydrogen-bond donors (Lipinski definition) is 1. The highest BCUT2D eigenvalue weighted by atomic mass is 16.5. The topological polar surface area (TPSA) is 76.0 Å². The number of hydrogen-bond acceptors (Lipinski definition) is 5. The van der Waals surface area contributed by atoms with Crippen molar-refractivity contribution in [2.75, 3.05) is 6.61 Å². The number of aliphatic imine (C=N–C) groups is 1. The molecule has 2 rings (SSSR count). The Labute approximate surface area is 114 Å². The fourth-order valence-corrected chi connectivity index (χ4v) is 1.85. The van der Waals surface area contributed by atoms with Crippen molar-refractivity contribution in [2.24, 2.45) is 4.99 Å². The number of esters is 1. The number of phenolic OH excluding ortho intramolecular Hbond substituents is 1. The van der Waals surface area contributed by atoms with Crippen molar-refractivity contribution in [3.05, 3.63) is 48.6 Å². The summed E-state index contributed by atoms with van der Waals surface area (Å²) in [6.07, 6.45) is 2.89. The Morgan fingerprint density at radius 3 is 2.85 bits per heavy atom. The van der Waals surface area contributed by atoms with E-state index in [0.29, 0.717) is 16.5 Å². The lowest BCUT2D eigenvalue weighted by molar-refractivity contribution is 0.0547. The molecule has 0 unspecified atom stereocenters. The number of isocyanates is 1. The number of nitrogens with zero attached hydrogens (tertiary/aromatic N) is 1. The van der Waals surface area contributed by atoms with Crippen LogP contribution in [0, 0.1) is 0 Å². The van der Waals surface area contributed by atoms with Gasteiger partial charge in [0.1, 0.15) is 17.9 Å². The highest BCUT2D eigenvalue weighted by Gasteiger charge is 2.15. The number of ether oxygens (including phenoxy) is 1. The summed E-state index contributed by atoms with van der Waals surface area (Å²) < 4.78 is 4.88. The van der Waals surface area contributed by atoms with E-state index in [-0.39, 0.29) is 17.9 Å². The zero-order valence-electron chi connectivity index (χ0n) is 10.5. The molecule has 0 fully saturated rings. The standard InChI is InChI=1S/C15H11NO4/c1-2-8-20-15(19)12-7-6-10-11(14(12)18)4-3-5-13(10)16-9-17/h2-7,18H,1,8H2. The second kappa shape index (κ2) is 5.82. The predicted molar refractivity (Wildman–Crippen MR) is 73.9 cm³/mol. The molecular weight excluding hydrogens is 258 g/mol. The summed E-state index contributed by atoms with van der Waals surface area (Å²) in [5.41, 5.74) is 0.422. The Balaban J connectivity index is 2.57. The molecule has 2 aromatic rings. The minimum absolute atomic E-state index is 0.0478. The predicted octanol–water partition coefficient (Wildman–Crippen LogP) is 2.86. The van der Waals surface area contributed by atoms with Crippen LogP contribution >= 0.6 is 0 Å². The van der Waals surface area contributed by atoms with Gasteiger partial charge in [0, 0.05) is 10.8 Å².